The largest absolute Gasteiger partial charge is 0.507 e. The van der Waals surface area contributed by atoms with E-state index in [1.54, 1.807) is 24.5 Å². The highest BCUT2D eigenvalue weighted by Crippen LogP contribution is 2.28. The Balaban J connectivity index is 2.49. The highest BCUT2D eigenvalue weighted by Gasteiger charge is 2.03. The molecule has 0 aliphatic rings. The Kier molecular flexibility index (Phi) is 2.88. The first-order chi connectivity index (χ1) is 7.31. The van der Waals surface area contributed by atoms with Crippen molar-refractivity contribution in [3.8, 4) is 16.9 Å². The van der Waals surface area contributed by atoms with Crippen LogP contribution in [0.4, 0.5) is 0 Å². The van der Waals surface area contributed by atoms with Gasteiger partial charge in [0, 0.05) is 29.4 Å². The number of hydrogen-bond acceptors (Lipinski definition) is 2. The molecule has 0 aliphatic heterocycles. The maximum Gasteiger partial charge on any atom is 0.123 e. The molecular weight excluding hydrogens is 210 g/mol. The fraction of sp³-hybridized carbons (Fsp3) is 0.0833. The Hall–Kier alpha value is -1.54. The molecule has 15 heavy (non-hydrogen) atoms. The van der Waals surface area contributed by atoms with Gasteiger partial charge in [0.25, 0.3) is 0 Å². The molecule has 2 rings (SSSR count). The molecule has 2 aromatic rings. The minimum absolute atomic E-state index is 0.256. The van der Waals surface area contributed by atoms with E-state index in [1.807, 2.05) is 18.2 Å². The molecule has 3 heteroatoms. The van der Waals surface area contributed by atoms with E-state index in [9.17, 15) is 5.11 Å². The minimum atomic E-state index is 0.256. The van der Waals surface area contributed by atoms with E-state index in [4.69, 9.17) is 11.6 Å². The molecule has 0 fully saturated rings. The first kappa shape index (κ1) is 9.99. The van der Waals surface area contributed by atoms with Crippen LogP contribution in [0.5, 0.6) is 5.75 Å². The van der Waals surface area contributed by atoms with Gasteiger partial charge in [-0.2, -0.15) is 0 Å². The number of nitrogens with zero attached hydrogens (tertiary/aromatic N) is 1. The van der Waals surface area contributed by atoms with E-state index >= 15 is 0 Å². The highest BCUT2D eigenvalue weighted by molar-refractivity contribution is 6.17. The predicted molar refractivity (Wildman–Crippen MR) is 60.9 cm³/mol. The molecule has 0 saturated carbocycles. The number of pyridine rings is 1. The molecule has 1 aromatic heterocycles. The second kappa shape index (κ2) is 4.32. The van der Waals surface area contributed by atoms with Gasteiger partial charge in [0.15, 0.2) is 0 Å². The van der Waals surface area contributed by atoms with Gasteiger partial charge < -0.3 is 5.11 Å². The van der Waals surface area contributed by atoms with Crippen LogP contribution in [-0.4, -0.2) is 10.1 Å². The van der Waals surface area contributed by atoms with Crippen LogP contribution >= 0.6 is 11.6 Å². The monoisotopic (exact) mass is 219 g/mol. The lowest BCUT2D eigenvalue weighted by molar-refractivity contribution is 0.477. The van der Waals surface area contributed by atoms with Crippen LogP contribution in [0, 0.1) is 0 Å². The van der Waals surface area contributed by atoms with Crippen molar-refractivity contribution in [3.63, 3.8) is 0 Å². The van der Waals surface area contributed by atoms with Crippen molar-refractivity contribution in [2.75, 3.05) is 0 Å². The minimum Gasteiger partial charge on any atom is -0.507 e. The van der Waals surface area contributed by atoms with Gasteiger partial charge in [-0.1, -0.05) is 18.2 Å². The number of phenols is 1. The SMILES string of the molecule is Oc1ccccc1-c1cncc(CCl)c1. The quantitative estimate of drug-likeness (QED) is 0.787. The van der Waals surface area contributed by atoms with Crippen molar-refractivity contribution in [1.82, 2.24) is 4.98 Å². The van der Waals surface area contributed by atoms with Gasteiger partial charge in [-0.15, -0.1) is 11.6 Å². The molecule has 76 valence electrons. The average molecular weight is 220 g/mol. The maximum atomic E-state index is 9.67. The summed E-state index contributed by atoms with van der Waals surface area (Å²) < 4.78 is 0. The Bertz CT molecular complexity index is 471. The van der Waals surface area contributed by atoms with Crippen LogP contribution in [0.15, 0.2) is 42.7 Å². The summed E-state index contributed by atoms with van der Waals surface area (Å²) in [6, 6.07) is 9.10. The van der Waals surface area contributed by atoms with E-state index in [0.717, 1.165) is 16.7 Å². The molecule has 0 amide bonds. The van der Waals surface area contributed by atoms with Crippen LogP contribution < -0.4 is 0 Å². The van der Waals surface area contributed by atoms with E-state index in [-0.39, 0.29) is 5.75 Å². The normalized spacial score (nSPS) is 10.2. The van der Waals surface area contributed by atoms with Gasteiger partial charge in [-0.05, 0) is 17.7 Å². The number of rotatable bonds is 2. The fourth-order valence-electron chi connectivity index (χ4n) is 1.43. The molecule has 1 N–H and O–H groups in total. The summed E-state index contributed by atoms with van der Waals surface area (Å²) in [5, 5.41) is 9.67. The van der Waals surface area contributed by atoms with Gasteiger partial charge in [0.1, 0.15) is 5.75 Å². The summed E-state index contributed by atoms with van der Waals surface area (Å²) in [6.07, 6.45) is 3.43. The summed E-state index contributed by atoms with van der Waals surface area (Å²) in [5.41, 5.74) is 2.60. The molecular formula is C12H10ClNO. The fourth-order valence-corrected chi connectivity index (χ4v) is 1.57. The molecule has 1 heterocycles. The molecule has 0 radical (unpaired) electrons. The van der Waals surface area contributed by atoms with Crippen LogP contribution in [0.1, 0.15) is 5.56 Å². The van der Waals surface area contributed by atoms with Crippen LogP contribution in [0.2, 0.25) is 0 Å². The molecule has 0 bridgehead atoms. The number of phenolic OH excluding ortho intramolecular Hbond substituents is 1. The summed E-state index contributed by atoms with van der Waals surface area (Å²) in [6.45, 7) is 0. The molecule has 2 nitrogen and oxygen atoms in total. The number of halogens is 1. The van der Waals surface area contributed by atoms with E-state index in [0.29, 0.717) is 5.88 Å². The third kappa shape index (κ3) is 2.10. The lowest BCUT2D eigenvalue weighted by Crippen LogP contribution is -1.85. The second-order valence-corrected chi connectivity index (χ2v) is 3.50. The highest BCUT2D eigenvalue weighted by atomic mass is 35.5. The molecule has 0 unspecified atom stereocenters. The lowest BCUT2D eigenvalue weighted by Gasteiger charge is -2.04. The molecule has 0 saturated heterocycles. The Morgan fingerprint density at radius 3 is 2.73 bits per heavy atom. The molecule has 0 atom stereocenters. The number of para-hydroxylation sites is 1. The van der Waals surface area contributed by atoms with Gasteiger partial charge >= 0.3 is 0 Å². The van der Waals surface area contributed by atoms with Crippen LogP contribution in [-0.2, 0) is 5.88 Å². The van der Waals surface area contributed by atoms with Gasteiger partial charge in [-0.3, -0.25) is 4.98 Å². The first-order valence-corrected chi connectivity index (χ1v) is 5.13. The van der Waals surface area contributed by atoms with E-state index in [2.05, 4.69) is 4.98 Å². The summed E-state index contributed by atoms with van der Waals surface area (Å²) in [4.78, 5) is 4.08. The van der Waals surface area contributed by atoms with Crippen molar-refractivity contribution < 1.29 is 5.11 Å². The Morgan fingerprint density at radius 2 is 2.00 bits per heavy atom. The lowest BCUT2D eigenvalue weighted by atomic mass is 10.1. The van der Waals surface area contributed by atoms with Crippen molar-refractivity contribution in [1.29, 1.82) is 0 Å². The zero-order chi connectivity index (χ0) is 10.7. The molecule has 0 aliphatic carbocycles. The summed E-state index contributed by atoms with van der Waals surface area (Å²) >= 11 is 5.72. The number of aromatic hydroxyl groups is 1. The van der Waals surface area contributed by atoms with Gasteiger partial charge in [0.05, 0.1) is 0 Å². The Morgan fingerprint density at radius 1 is 1.20 bits per heavy atom. The van der Waals surface area contributed by atoms with E-state index < -0.39 is 0 Å². The van der Waals surface area contributed by atoms with E-state index in [1.165, 1.54) is 0 Å². The number of benzene rings is 1. The summed E-state index contributed by atoms with van der Waals surface area (Å²) in [7, 11) is 0. The van der Waals surface area contributed by atoms with Crippen molar-refractivity contribution in [2.24, 2.45) is 0 Å². The van der Waals surface area contributed by atoms with Crippen molar-refractivity contribution in [3.05, 3.63) is 48.3 Å². The smallest absolute Gasteiger partial charge is 0.123 e. The maximum absolute atomic E-state index is 9.67. The van der Waals surface area contributed by atoms with Gasteiger partial charge in [-0.25, -0.2) is 0 Å². The second-order valence-electron chi connectivity index (χ2n) is 3.23. The molecule has 0 spiro atoms. The third-order valence-electron chi connectivity index (χ3n) is 2.16. The number of alkyl halides is 1. The zero-order valence-corrected chi connectivity index (χ0v) is 8.78. The third-order valence-corrected chi connectivity index (χ3v) is 2.47. The van der Waals surface area contributed by atoms with Crippen molar-refractivity contribution >= 4 is 11.6 Å². The standard InChI is InChI=1S/C12H10ClNO/c13-6-9-5-10(8-14-7-9)11-3-1-2-4-12(11)15/h1-5,7-8,15H,6H2. The van der Waals surface area contributed by atoms with Crippen LogP contribution in [0.3, 0.4) is 0 Å². The average Bonchev–Trinajstić information content (AvgIpc) is 2.30. The summed E-state index contributed by atoms with van der Waals surface area (Å²) in [5.74, 6) is 0.681. The topological polar surface area (TPSA) is 33.1 Å². The predicted octanol–water partition coefficient (Wildman–Crippen LogP) is 3.19. The van der Waals surface area contributed by atoms with Crippen molar-refractivity contribution in [2.45, 2.75) is 5.88 Å². The first-order valence-electron chi connectivity index (χ1n) is 4.59. The zero-order valence-electron chi connectivity index (χ0n) is 8.02. The number of hydrogen-bond donors (Lipinski definition) is 1. The molecule has 1 aromatic carbocycles. The Labute approximate surface area is 93.2 Å². The van der Waals surface area contributed by atoms with Gasteiger partial charge in [0.2, 0.25) is 0 Å². The van der Waals surface area contributed by atoms with Crippen LogP contribution in [0.25, 0.3) is 11.1 Å². The number of aromatic nitrogens is 1.